The second-order valence-electron chi connectivity index (χ2n) is 6.06. The molecular weight excluding hydrogens is 238 g/mol. The van der Waals surface area contributed by atoms with Crippen LogP contribution in [0, 0.1) is 5.92 Å². The van der Waals surface area contributed by atoms with Crippen molar-refractivity contribution in [2.75, 3.05) is 12.3 Å². The molecule has 106 valence electrons. The van der Waals surface area contributed by atoms with Crippen LogP contribution in [-0.4, -0.2) is 28.0 Å². The summed E-state index contributed by atoms with van der Waals surface area (Å²) in [5, 5.41) is 0. The van der Waals surface area contributed by atoms with E-state index in [9.17, 15) is 4.79 Å². The molecule has 1 aliphatic rings. The molecule has 0 aromatic carbocycles. The van der Waals surface area contributed by atoms with Gasteiger partial charge in [0.2, 0.25) is 0 Å². The van der Waals surface area contributed by atoms with Gasteiger partial charge in [0, 0.05) is 25.8 Å². The van der Waals surface area contributed by atoms with Gasteiger partial charge in [-0.1, -0.05) is 26.7 Å². The molecule has 1 amide bonds. The number of nitrogens with two attached hydrogens (primary N) is 1. The molecule has 2 N–H and O–H groups in total. The van der Waals surface area contributed by atoms with Crippen molar-refractivity contribution in [1.82, 2.24) is 9.47 Å². The Morgan fingerprint density at radius 1 is 1.47 bits per heavy atom. The first-order valence-electron chi connectivity index (χ1n) is 7.22. The largest absolute Gasteiger partial charge is 0.397 e. The Hall–Kier alpha value is -1.45. The third-order valence-corrected chi connectivity index (χ3v) is 3.83. The number of anilines is 1. The standard InChI is InChI=1S/C15H25N3O/c1-11(2)9-18(13-6-4-5-7-13)15(19)14-8-12(16)10-17(14)3/h8,10-11,13H,4-7,9,16H2,1-3H3. The van der Waals surface area contributed by atoms with E-state index in [0.717, 1.165) is 19.4 Å². The van der Waals surface area contributed by atoms with Gasteiger partial charge in [-0.05, 0) is 24.8 Å². The summed E-state index contributed by atoms with van der Waals surface area (Å²) in [6.07, 6.45) is 6.55. The molecule has 19 heavy (non-hydrogen) atoms. The highest BCUT2D eigenvalue weighted by atomic mass is 16.2. The van der Waals surface area contributed by atoms with Crippen molar-refractivity contribution in [2.45, 2.75) is 45.6 Å². The quantitative estimate of drug-likeness (QED) is 0.908. The van der Waals surface area contributed by atoms with E-state index in [2.05, 4.69) is 18.7 Å². The first-order chi connectivity index (χ1) is 8.99. The fourth-order valence-corrected chi connectivity index (χ4v) is 2.96. The summed E-state index contributed by atoms with van der Waals surface area (Å²) in [4.78, 5) is 14.8. The molecule has 0 radical (unpaired) electrons. The number of hydrogen-bond donors (Lipinski definition) is 1. The van der Waals surface area contributed by atoms with Crippen LogP contribution in [0.3, 0.4) is 0 Å². The number of rotatable bonds is 4. The Labute approximate surface area is 115 Å². The van der Waals surface area contributed by atoms with Gasteiger partial charge in [0.1, 0.15) is 5.69 Å². The minimum Gasteiger partial charge on any atom is -0.397 e. The van der Waals surface area contributed by atoms with Gasteiger partial charge in [0.15, 0.2) is 0 Å². The zero-order valence-corrected chi connectivity index (χ0v) is 12.2. The van der Waals surface area contributed by atoms with Crippen molar-refractivity contribution in [3.63, 3.8) is 0 Å². The van der Waals surface area contributed by atoms with Gasteiger partial charge in [-0.15, -0.1) is 0 Å². The highest BCUT2D eigenvalue weighted by Crippen LogP contribution is 2.26. The lowest BCUT2D eigenvalue weighted by Gasteiger charge is -2.30. The zero-order chi connectivity index (χ0) is 14.0. The lowest BCUT2D eigenvalue weighted by Crippen LogP contribution is -2.41. The van der Waals surface area contributed by atoms with Gasteiger partial charge in [0.25, 0.3) is 5.91 Å². The molecule has 1 heterocycles. The number of amides is 1. The number of hydrogen-bond acceptors (Lipinski definition) is 2. The van der Waals surface area contributed by atoms with Gasteiger partial charge in [-0.3, -0.25) is 4.79 Å². The fourth-order valence-electron chi connectivity index (χ4n) is 2.96. The van der Waals surface area contributed by atoms with Crippen LogP contribution in [-0.2, 0) is 7.05 Å². The third kappa shape index (κ3) is 3.11. The van der Waals surface area contributed by atoms with Crippen molar-refractivity contribution < 1.29 is 4.79 Å². The lowest BCUT2D eigenvalue weighted by atomic mass is 10.1. The number of aromatic nitrogens is 1. The summed E-state index contributed by atoms with van der Waals surface area (Å²) < 4.78 is 1.83. The maximum atomic E-state index is 12.8. The average molecular weight is 263 g/mol. The van der Waals surface area contributed by atoms with E-state index in [0.29, 0.717) is 23.3 Å². The fraction of sp³-hybridized carbons (Fsp3) is 0.667. The molecule has 1 fully saturated rings. The third-order valence-electron chi connectivity index (χ3n) is 3.83. The Morgan fingerprint density at radius 2 is 2.11 bits per heavy atom. The first kappa shape index (κ1) is 14.0. The van der Waals surface area contributed by atoms with Crippen LogP contribution >= 0.6 is 0 Å². The normalized spacial score (nSPS) is 16.2. The number of nitrogens with zero attached hydrogens (tertiary/aromatic N) is 2. The van der Waals surface area contributed by atoms with Crippen molar-refractivity contribution >= 4 is 11.6 Å². The van der Waals surface area contributed by atoms with E-state index >= 15 is 0 Å². The monoisotopic (exact) mass is 263 g/mol. The number of carbonyl (C=O) groups is 1. The molecule has 0 bridgehead atoms. The van der Waals surface area contributed by atoms with Crippen LogP contribution in [0.25, 0.3) is 0 Å². The molecule has 0 atom stereocenters. The molecule has 0 spiro atoms. The molecule has 1 aliphatic carbocycles. The zero-order valence-electron chi connectivity index (χ0n) is 12.2. The van der Waals surface area contributed by atoms with E-state index < -0.39 is 0 Å². The maximum Gasteiger partial charge on any atom is 0.270 e. The van der Waals surface area contributed by atoms with Crippen LogP contribution in [0.5, 0.6) is 0 Å². The molecule has 0 saturated heterocycles. The molecule has 1 saturated carbocycles. The number of carbonyl (C=O) groups excluding carboxylic acids is 1. The van der Waals surface area contributed by atoms with Gasteiger partial charge in [-0.2, -0.15) is 0 Å². The van der Waals surface area contributed by atoms with Gasteiger partial charge < -0.3 is 15.2 Å². The van der Waals surface area contributed by atoms with Gasteiger partial charge in [0.05, 0.1) is 5.69 Å². The van der Waals surface area contributed by atoms with E-state index in [1.807, 2.05) is 11.6 Å². The molecule has 4 nitrogen and oxygen atoms in total. The van der Waals surface area contributed by atoms with Crippen LogP contribution < -0.4 is 5.73 Å². The van der Waals surface area contributed by atoms with Gasteiger partial charge in [-0.25, -0.2) is 0 Å². The summed E-state index contributed by atoms with van der Waals surface area (Å²) in [7, 11) is 1.88. The van der Waals surface area contributed by atoms with E-state index in [1.165, 1.54) is 12.8 Å². The van der Waals surface area contributed by atoms with Crippen molar-refractivity contribution in [1.29, 1.82) is 0 Å². The second-order valence-corrected chi connectivity index (χ2v) is 6.06. The molecule has 1 aromatic rings. The Kier molecular flexibility index (Phi) is 4.17. The molecule has 1 aromatic heterocycles. The van der Waals surface area contributed by atoms with Crippen molar-refractivity contribution in [2.24, 2.45) is 13.0 Å². The average Bonchev–Trinajstić information content (AvgIpc) is 2.94. The number of nitrogen functional groups attached to an aromatic ring is 1. The lowest BCUT2D eigenvalue weighted by molar-refractivity contribution is 0.0645. The number of aryl methyl sites for hydroxylation is 1. The summed E-state index contributed by atoms with van der Waals surface area (Å²) in [5.41, 5.74) is 7.13. The second kappa shape index (κ2) is 5.68. The maximum absolute atomic E-state index is 12.8. The highest BCUT2D eigenvalue weighted by Gasteiger charge is 2.29. The SMILES string of the molecule is CC(C)CN(C(=O)c1cc(N)cn1C)C1CCCC1. The van der Waals surface area contributed by atoms with E-state index in [-0.39, 0.29) is 5.91 Å². The predicted molar refractivity (Wildman–Crippen MR) is 78.0 cm³/mol. The van der Waals surface area contributed by atoms with Crippen LogP contribution in [0.1, 0.15) is 50.0 Å². The van der Waals surface area contributed by atoms with Crippen LogP contribution in [0.15, 0.2) is 12.3 Å². The van der Waals surface area contributed by atoms with Crippen molar-refractivity contribution in [3.05, 3.63) is 18.0 Å². The molecule has 0 unspecified atom stereocenters. The molecule has 4 heteroatoms. The first-order valence-corrected chi connectivity index (χ1v) is 7.22. The topological polar surface area (TPSA) is 51.3 Å². The Balaban J connectivity index is 2.21. The minimum absolute atomic E-state index is 0.125. The summed E-state index contributed by atoms with van der Waals surface area (Å²) in [6, 6.07) is 2.19. The van der Waals surface area contributed by atoms with Gasteiger partial charge >= 0.3 is 0 Å². The van der Waals surface area contributed by atoms with Crippen LogP contribution in [0.2, 0.25) is 0 Å². The smallest absolute Gasteiger partial charge is 0.270 e. The summed E-state index contributed by atoms with van der Waals surface area (Å²) >= 11 is 0. The molecule has 0 aliphatic heterocycles. The van der Waals surface area contributed by atoms with E-state index in [1.54, 1.807) is 12.3 Å². The predicted octanol–water partition coefficient (Wildman–Crippen LogP) is 2.65. The van der Waals surface area contributed by atoms with E-state index in [4.69, 9.17) is 5.73 Å². The van der Waals surface area contributed by atoms with Crippen LogP contribution in [0.4, 0.5) is 5.69 Å². The summed E-state index contributed by atoms with van der Waals surface area (Å²) in [6.45, 7) is 5.15. The highest BCUT2D eigenvalue weighted by molar-refractivity contribution is 5.94. The van der Waals surface area contributed by atoms with Crippen molar-refractivity contribution in [3.8, 4) is 0 Å². The Bertz CT molecular complexity index is 444. The minimum atomic E-state index is 0.125. The molecular formula is C15H25N3O. The Morgan fingerprint density at radius 3 is 2.58 bits per heavy atom. The molecule has 2 rings (SSSR count). The summed E-state index contributed by atoms with van der Waals surface area (Å²) in [5.74, 6) is 0.613.